The van der Waals surface area contributed by atoms with Gasteiger partial charge in [0.15, 0.2) is 0 Å². The van der Waals surface area contributed by atoms with Gasteiger partial charge in [-0.2, -0.15) is 0 Å². The molecule has 0 spiro atoms. The Morgan fingerprint density at radius 3 is 2.44 bits per heavy atom. The Kier molecular flexibility index (Phi) is 4.94. The molecule has 0 radical (unpaired) electrons. The molecule has 1 fully saturated rings. The van der Waals surface area contributed by atoms with Gasteiger partial charge in [-0.3, -0.25) is 4.79 Å². The molecule has 1 N–H and O–H groups in total. The normalized spacial score (nSPS) is 21.2. The van der Waals surface area contributed by atoms with Crippen molar-refractivity contribution in [2.24, 2.45) is 0 Å². The quantitative estimate of drug-likeness (QED) is 0.606. The van der Waals surface area contributed by atoms with E-state index in [2.05, 4.69) is 32.7 Å². The number of anilines is 2. The highest BCUT2D eigenvalue weighted by molar-refractivity contribution is 9.09. The predicted octanol–water partition coefficient (Wildman–Crippen LogP) is 3.42. The number of alkyl halides is 1. The lowest BCUT2D eigenvalue weighted by Gasteiger charge is -2.24. The van der Waals surface area contributed by atoms with Crippen molar-refractivity contribution in [2.75, 3.05) is 28.2 Å². The molecule has 0 aliphatic carbocycles. The van der Waals surface area contributed by atoms with E-state index in [1.165, 1.54) is 0 Å². The SMILES string of the molecule is O=C1N(Cc2ccccc2)c2cccc(N3CCCC3)c2C1(O)C#CCBr. The molecular formula is C22H21BrN2O2. The van der Waals surface area contributed by atoms with Crippen LogP contribution in [0.2, 0.25) is 0 Å². The number of nitrogens with zero attached hydrogens (tertiary/aromatic N) is 2. The van der Waals surface area contributed by atoms with Crippen LogP contribution < -0.4 is 9.80 Å². The molecule has 4 rings (SSSR count). The van der Waals surface area contributed by atoms with E-state index in [9.17, 15) is 9.90 Å². The van der Waals surface area contributed by atoms with Crippen molar-refractivity contribution in [2.45, 2.75) is 25.0 Å². The third-order valence-electron chi connectivity index (χ3n) is 5.19. The van der Waals surface area contributed by atoms with Crippen LogP contribution in [0.3, 0.4) is 0 Å². The van der Waals surface area contributed by atoms with E-state index in [1.54, 1.807) is 4.90 Å². The summed E-state index contributed by atoms with van der Waals surface area (Å²) in [5.74, 6) is 5.32. The average molecular weight is 425 g/mol. The number of amides is 1. The second kappa shape index (κ2) is 7.38. The zero-order valence-corrected chi connectivity index (χ0v) is 16.6. The van der Waals surface area contributed by atoms with Gasteiger partial charge in [0.25, 0.3) is 5.91 Å². The van der Waals surface area contributed by atoms with Crippen LogP contribution in [0.15, 0.2) is 48.5 Å². The zero-order valence-electron chi connectivity index (χ0n) is 15.0. The van der Waals surface area contributed by atoms with Gasteiger partial charge in [-0.15, -0.1) is 0 Å². The van der Waals surface area contributed by atoms with E-state index >= 15 is 0 Å². The Bertz CT molecular complexity index is 913. The van der Waals surface area contributed by atoms with Gasteiger partial charge in [0.2, 0.25) is 5.60 Å². The monoisotopic (exact) mass is 424 g/mol. The lowest BCUT2D eigenvalue weighted by atomic mass is 9.93. The van der Waals surface area contributed by atoms with Gasteiger partial charge in [-0.05, 0) is 30.5 Å². The number of hydrogen-bond donors (Lipinski definition) is 1. The summed E-state index contributed by atoms with van der Waals surface area (Å²) in [6.07, 6.45) is 2.24. The zero-order chi connectivity index (χ0) is 18.9. The second-order valence-corrected chi connectivity index (χ2v) is 7.45. The van der Waals surface area contributed by atoms with E-state index in [-0.39, 0.29) is 5.91 Å². The third-order valence-corrected chi connectivity index (χ3v) is 5.47. The van der Waals surface area contributed by atoms with Crippen LogP contribution >= 0.6 is 15.9 Å². The lowest BCUT2D eigenvalue weighted by Crippen LogP contribution is -2.39. The minimum absolute atomic E-state index is 0.374. The van der Waals surface area contributed by atoms with Gasteiger partial charge in [0.1, 0.15) is 0 Å². The van der Waals surface area contributed by atoms with Crippen molar-refractivity contribution in [3.63, 3.8) is 0 Å². The standard InChI is InChI=1S/C22H21BrN2O2/c23-13-7-12-22(27)20-18(24-14-4-5-15-24)10-6-11-19(20)25(21(22)26)16-17-8-2-1-3-9-17/h1-3,6,8-11,27H,4-5,13-16H2. The number of fused-ring (bicyclic) bond motifs is 1. The van der Waals surface area contributed by atoms with Crippen LogP contribution in [-0.4, -0.2) is 29.4 Å². The number of carbonyl (C=O) groups is 1. The Hall–Kier alpha value is -2.29. The molecule has 138 valence electrons. The molecule has 4 nitrogen and oxygen atoms in total. The summed E-state index contributed by atoms with van der Waals surface area (Å²) in [5.41, 5.74) is 1.50. The third kappa shape index (κ3) is 3.13. The molecule has 27 heavy (non-hydrogen) atoms. The lowest BCUT2D eigenvalue weighted by molar-refractivity contribution is -0.130. The van der Waals surface area contributed by atoms with Crippen LogP contribution in [0.25, 0.3) is 0 Å². The summed E-state index contributed by atoms with van der Waals surface area (Å²) in [5, 5.41) is 11.8. The van der Waals surface area contributed by atoms with Crippen LogP contribution in [0.4, 0.5) is 11.4 Å². The van der Waals surface area contributed by atoms with Crippen LogP contribution in [0.1, 0.15) is 24.0 Å². The van der Waals surface area contributed by atoms with Gasteiger partial charge >= 0.3 is 0 Å². The van der Waals surface area contributed by atoms with E-state index in [4.69, 9.17) is 0 Å². The molecule has 1 unspecified atom stereocenters. The number of carbonyl (C=O) groups excluding carboxylic acids is 1. The molecule has 1 atom stereocenters. The minimum Gasteiger partial charge on any atom is -0.371 e. The molecule has 2 heterocycles. The number of hydrogen-bond acceptors (Lipinski definition) is 3. The van der Waals surface area contributed by atoms with Crippen LogP contribution in [0.5, 0.6) is 0 Å². The first-order valence-electron chi connectivity index (χ1n) is 9.18. The van der Waals surface area contributed by atoms with Crippen molar-refractivity contribution in [3.8, 4) is 11.8 Å². The molecule has 1 amide bonds. The highest BCUT2D eigenvalue weighted by Crippen LogP contribution is 2.46. The fourth-order valence-corrected chi connectivity index (χ4v) is 4.10. The Labute approximate surface area is 167 Å². The van der Waals surface area contributed by atoms with Crippen molar-refractivity contribution in [3.05, 3.63) is 59.7 Å². The predicted molar refractivity (Wildman–Crippen MR) is 111 cm³/mol. The summed E-state index contributed by atoms with van der Waals surface area (Å²) >= 11 is 3.27. The summed E-state index contributed by atoms with van der Waals surface area (Å²) in [6, 6.07) is 15.7. The van der Waals surface area contributed by atoms with Crippen LogP contribution in [-0.2, 0) is 16.9 Å². The van der Waals surface area contributed by atoms with E-state index in [1.807, 2.05) is 48.5 Å². The van der Waals surface area contributed by atoms with Gasteiger partial charge in [-0.1, -0.05) is 64.2 Å². The van der Waals surface area contributed by atoms with E-state index in [0.29, 0.717) is 17.4 Å². The topological polar surface area (TPSA) is 43.8 Å². The highest BCUT2D eigenvalue weighted by Gasteiger charge is 2.51. The molecule has 0 bridgehead atoms. The fourth-order valence-electron chi connectivity index (χ4n) is 3.96. The Balaban J connectivity index is 1.84. The number of aliphatic hydroxyl groups is 1. The summed E-state index contributed by atoms with van der Waals surface area (Å²) in [4.78, 5) is 17.2. The van der Waals surface area contributed by atoms with Crippen molar-refractivity contribution in [1.82, 2.24) is 0 Å². The van der Waals surface area contributed by atoms with Crippen molar-refractivity contribution in [1.29, 1.82) is 0 Å². The molecule has 2 aromatic rings. The molecule has 0 aromatic heterocycles. The molecule has 0 saturated carbocycles. The first kappa shape index (κ1) is 18.1. The highest BCUT2D eigenvalue weighted by atomic mass is 79.9. The van der Waals surface area contributed by atoms with Crippen molar-refractivity contribution < 1.29 is 9.90 Å². The number of rotatable bonds is 3. The van der Waals surface area contributed by atoms with Gasteiger partial charge < -0.3 is 14.9 Å². The smallest absolute Gasteiger partial charge is 0.277 e. The first-order chi connectivity index (χ1) is 13.1. The second-order valence-electron chi connectivity index (χ2n) is 6.89. The number of benzene rings is 2. The molecule has 2 aromatic carbocycles. The van der Waals surface area contributed by atoms with Crippen molar-refractivity contribution >= 4 is 33.2 Å². The summed E-state index contributed by atoms with van der Waals surface area (Å²) in [7, 11) is 0. The van der Waals surface area contributed by atoms with Gasteiger partial charge in [0.05, 0.1) is 23.1 Å². The fraction of sp³-hybridized carbons (Fsp3) is 0.318. The minimum atomic E-state index is -1.81. The number of halogens is 1. The van der Waals surface area contributed by atoms with E-state index < -0.39 is 5.60 Å². The maximum atomic E-state index is 13.3. The molecular weight excluding hydrogens is 404 g/mol. The first-order valence-corrected chi connectivity index (χ1v) is 10.3. The Morgan fingerprint density at radius 2 is 1.74 bits per heavy atom. The molecule has 1 saturated heterocycles. The average Bonchev–Trinajstić information content (AvgIpc) is 3.30. The van der Waals surface area contributed by atoms with Gasteiger partial charge in [0, 0.05) is 18.8 Å². The summed E-state index contributed by atoms with van der Waals surface area (Å²) in [6.45, 7) is 2.28. The maximum Gasteiger partial charge on any atom is 0.277 e. The van der Waals surface area contributed by atoms with E-state index in [0.717, 1.165) is 42.9 Å². The van der Waals surface area contributed by atoms with Gasteiger partial charge in [-0.25, -0.2) is 0 Å². The Morgan fingerprint density at radius 1 is 1.04 bits per heavy atom. The molecule has 2 aliphatic rings. The molecule has 5 heteroatoms. The summed E-state index contributed by atoms with van der Waals surface area (Å²) < 4.78 is 0. The van der Waals surface area contributed by atoms with Crippen LogP contribution in [0, 0.1) is 11.8 Å². The largest absolute Gasteiger partial charge is 0.371 e. The maximum absolute atomic E-state index is 13.3. The molecule has 2 aliphatic heterocycles.